The molecular weight excluding hydrogens is 334 g/mol. The van der Waals surface area contributed by atoms with Gasteiger partial charge in [0.05, 0.1) is 23.9 Å². The predicted octanol–water partition coefficient (Wildman–Crippen LogP) is 2.99. The molecule has 4 rings (SSSR count). The number of ether oxygens (including phenoxy) is 1. The Balaban J connectivity index is 1.44. The molecular formula is C20H30ClN3O. The summed E-state index contributed by atoms with van der Waals surface area (Å²) in [5.74, 6) is 1.36. The molecule has 2 unspecified atom stereocenters. The lowest BCUT2D eigenvalue weighted by Crippen LogP contribution is -2.45. The van der Waals surface area contributed by atoms with Gasteiger partial charge >= 0.3 is 0 Å². The van der Waals surface area contributed by atoms with Crippen LogP contribution in [0, 0.1) is 11.8 Å². The maximum Gasteiger partial charge on any atom is 0.0639 e. The molecule has 25 heavy (non-hydrogen) atoms. The van der Waals surface area contributed by atoms with E-state index in [1.54, 1.807) is 0 Å². The van der Waals surface area contributed by atoms with Gasteiger partial charge in [-0.15, -0.1) is 0 Å². The number of fused-ring (bicyclic) bond motifs is 1. The lowest BCUT2D eigenvalue weighted by molar-refractivity contribution is 0.172. The van der Waals surface area contributed by atoms with Gasteiger partial charge in [-0.2, -0.15) is 0 Å². The SMILES string of the molecule is C[C@@H]1C[C@H](N(C)Cc2ccc(Cl)c(N3CC4COCC4C3)c2)CCN1. The van der Waals surface area contributed by atoms with Crippen LogP contribution in [0.25, 0.3) is 0 Å². The quantitative estimate of drug-likeness (QED) is 0.890. The molecule has 5 heteroatoms. The molecule has 0 aromatic heterocycles. The Kier molecular flexibility index (Phi) is 5.23. The summed E-state index contributed by atoms with van der Waals surface area (Å²) in [6, 6.07) is 7.86. The third-order valence-corrected chi connectivity index (χ3v) is 6.56. The summed E-state index contributed by atoms with van der Waals surface area (Å²) in [5.41, 5.74) is 2.57. The second-order valence-corrected chi connectivity index (χ2v) is 8.60. The first-order valence-corrected chi connectivity index (χ1v) is 10.0. The van der Waals surface area contributed by atoms with Crippen LogP contribution in [-0.4, -0.2) is 56.9 Å². The van der Waals surface area contributed by atoms with Crippen LogP contribution < -0.4 is 10.2 Å². The molecule has 0 radical (unpaired) electrons. The van der Waals surface area contributed by atoms with Crippen LogP contribution >= 0.6 is 11.6 Å². The molecule has 1 aromatic carbocycles. The normalized spacial score (nSPS) is 32.4. The van der Waals surface area contributed by atoms with Crippen molar-refractivity contribution in [2.45, 2.75) is 38.4 Å². The first kappa shape index (κ1) is 17.6. The molecule has 0 spiro atoms. The number of halogens is 1. The number of nitrogens with one attached hydrogen (secondary N) is 1. The van der Waals surface area contributed by atoms with Crippen molar-refractivity contribution < 1.29 is 4.74 Å². The van der Waals surface area contributed by atoms with Gasteiger partial charge in [-0.3, -0.25) is 4.90 Å². The van der Waals surface area contributed by atoms with E-state index in [0.29, 0.717) is 23.9 Å². The number of piperidine rings is 1. The fourth-order valence-corrected chi connectivity index (χ4v) is 4.94. The lowest BCUT2D eigenvalue weighted by Gasteiger charge is -2.35. The van der Waals surface area contributed by atoms with Crippen molar-refractivity contribution in [2.75, 3.05) is 44.8 Å². The molecule has 3 saturated heterocycles. The lowest BCUT2D eigenvalue weighted by atomic mass is 9.99. The highest BCUT2D eigenvalue weighted by Gasteiger charge is 2.37. The average molecular weight is 364 g/mol. The first-order chi connectivity index (χ1) is 12.1. The zero-order valence-corrected chi connectivity index (χ0v) is 16.1. The van der Waals surface area contributed by atoms with Crippen molar-refractivity contribution in [2.24, 2.45) is 11.8 Å². The van der Waals surface area contributed by atoms with E-state index in [2.05, 4.69) is 47.3 Å². The van der Waals surface area contributed by atoms with Crippen molar-refractivity contribution in [3.05, 3.63) is 28.8 Å². The molecule has 0 bridgehead atoms. The van der Waals surface area contributed by atoms with Crippen LogP contribution in [0.1, 0.15) is 25.3 Å². The second-order valence-electron chi connectivity index (χ2n) is 8.20. The van der Waals surface area contributed by atoms with Gasteiger partial charge in [0.25, 0.3) is 0 Å². The smallest absolute Gasteiger partial charge is 0.0639 e. The number of anilines is 1. The standard InChI is InChI=1S/C20H30ClN3O/c1-14-7-18(5-6-22-14)23(2)9-15-3-4-19(21)20(8-15)24-10-16-12-25-13-17(16)11-24/h3-4,8,14,16-18,22H,5-7,9-13H2,1-2H3/t14-,16?,17?,18-/m1/s1. The van der Waals surface area contributed by atoms with Gasteiger partial charge < -0.3 is 15.0 Å². The third kappa shape index (κ3) is 3.82. The maximum atomic E-state index is 6.54. The van der Waals surface area contributed by atoms with Crippen molar-refractivity contribution in [1.82, 2.24) is 10.2 Å². The summed E-state index contributed by atoms with van der Waals surface area (Å²) in [5, 5.41) is 4.42. The highest BCUT2D eigenvalue weighted by molar-refractivity contribution is 6.33. The third-order valence-electron chi connectivity index (χ3n) is 6.24. The van der Waals surface area contributed by atoms with E-state index in [9.17, 15) is 0 Å². The first-order valence-electron chi connectivity index (χ1n) is 9.65. The zero-order chi connectivity index (χ0) is 17.4. The minimum absolute atomic E-state index is 0.619. The molecule has 3 fully saturated rings. The summed E-state index contributed by atoms with van der Waals surface area (Å²) >= 11 is 6.54. The topological polar surface area (TPSA) is 27.7 Å². The Morgan fingerprint density at radius 2 is 2.04 bits per heavy atom. The highest BCUT2D eigenvalue weighted by Crippen LogP contribution is 2.36. The van der Waals surface area contributed by atoms with Gasteiger partial charge in [-0.25, -0.2) is 0 Å². The molecule has 0 aliphatic carbocycles. The van der Waals surface area contributed by atoms with E-state index in [1.165, 1.54) is 24.1 Å². The van der Waals surface area contributed by atoms with E-state index in [4.69, 9.17) is 16.3 Å². The van der Waals surface area contributed by atoms with Crippen LogP contribution in [0.2, 0.25) is 5.02 Å². The van der Waals surface area contributed by atoms with Crippen LogP contribution in [0.15, 0.2) is 18.2 Å². The Bertz CT molecular complexity index is 599. The van der Waals surface area contributed by atoms with Gasteiger partial charge in [0.15, 0.2) is 0 Å². The number of benzene rings is 1. The van der Waals surface area contributed by atoms with Crippen molar-refractivity contribution in [3.8, 4) is 0 Å². The van der Waals surface area contributed by atoms with E-state index in [-0.39, 0.29) is 0 Å². The molecule has 4 nitrogen and oxygen atoms in total. The number of hydrogen-bond donors (Lipinski definition) is 1. The number of rotatable bonds is 4. The van der Waals surface area contributed by atoms with E-state index in [0.717, 1.165) is 44.4 Å². The summed E-state index contributed by atoms with van der Waals surface area (Å²) < 4.78 is 5.61. The van der Waals surface area contributed by atoms with Crippen LogP contribution in [0.3, 0.4) is 0 Å². The van der Waals surface area contributed by atoms with E-state index in [1.807, 2.05) is 0 Å². The van der Waals surface area contributed by atoms with Crippen molar-refractivity contribution in [1.29, 1.82) is 0 Å². The summed E-state index contributed by atoms with van der Waals surface area (Å²) in [6.45, 7) is 8.38. The molecule has 3 aliphatic rings. The molecule has 0 saturated carbocycles. The Hall–Kier alpha value is -0.810. The van der Waals surface area contributed by atoms with E-state index >= 15 is 0 Å². The molecule has 3 heterocycles. The molecule has 3 aliphatic heterocycles. The predicted molar refractivity (Wildman–Crippen MR) is 103 cm³/mol. The minimum Gasteiger partial charge on any atom is -0.381 e. The summed E-state index contributed by atoms with van der Waals surface area (Å²) in [4.78, 5) is 4.98. The Morgan fingerprint density at radius 3 is 2.76 bits per heavy atom. The number of nitrogens with zero attached hydrogens (tertiary/aromatic N) is 2. The largest absolute Gasteiger partial charge is 0.381 e. The van der Waals surface area contributed by atoms with Crippen molar-refractivity contribution in [3.63, 3.8) is 0 Å². The fourth-order valence-electron chi connectivity index (χ4n) is 4.71. The second kappa shape index (κ2) is 7.43. The molecule has 1 aromatic rings. The van der Waals surface area contributed by atoms with Gasteiger partial charge in [-0.05, 0) is 51.1 Å². The van der Waals surface area contributed by atoms with Crippen LogP contribution in [0.5, 0.6) is 0 Å². The molecule has 0 amide bonds. The van der Waals surface area contributed by atoms with Crippen LogP contribution in [-0.2, 0) is 11.3 Å². The molecule has 4 atom stereocenters. The van der Waals surface area contributed by atoms with Gasteiger partial charge in [-0.1, -0.05) is 17.7 Å². The van der Waals surface area contributed by atoms with Gasteiger partial charge in [0.1, 0.15) is 0 Å². The molecule has 1 N–H and O–H groups in total. The van der Waals surface area contributed by atoms with E-state index < -0.39 is 0 Å². The minimum atomic E-state index is 0.619. The summed E-state index contributed by atoms with van der Waals surface area (Å²) in [7, 11) is 2.26. The maximum absolute atomic E-state index is 6.54. The average Bonchev–Trinajstić information content (AvgIpc) is 3.18. The molecule has 138 valence electrons. The fraction of sp³-hybridized carbons (Fsp3) is 0.700. The highest BCUT2D eigenvalue weighted by atomic mass is 35.5. The van der Waals surface area contributed by atoms with Gasteiger partial charge in [0.2, 0.25) is 0 Å². The van der Waals surface area contributed by atoms with Gasteiger partial charge in [0, 0.05) is 43.6 Å². The monoisotopic (exact) mass is 363 g/mol. The summed E-state index contributed by atoms with van der Waals surface area (Å²) in [6.07, 6.45) is 2.46. The Morgan fingerprint density at radius 1 is 1.28 bits per heavy atom. The Labute approximate surface area is 156 Å². The zero-order valence-electron chi connectivity index (χ0n) is 15.4. The van der Waals surface area contributed by atoms with Crippen LogP contribution in [0.4, 0.5) is 5.69 Å². The number of hydrogen-bond acceptors (Lipinski definition) is 4. The van der Waals surface area contributed by atoms with Crippen molar-refractivity contribution >= 4 is 17.3 Å².